The van der Waals surface area contributed by atoms with Crippen molar-refractivity contribution in [3.8, 4) is 5.75 Å². The highest BCUT2D eigenvalue weighted by molar-refractivity contribution is 7.07. The fourth-order valence-corrected chi connectivity index (χ4v) is 6.87. The predicted octanol–water partition coefficient (Wildman–Crippen LogP) is 7.40. The van der Waals surface area contributed by atoms with Crippen LogP contribution in [0.2, 0.25) is 5.02 Å². The Morgan fingerprint density at radius 3 is 2.45 bits per heavy atom. The van der Waals surface area contributed by atoms with Gasteiger partial charge in [-0.3, -0.25) is 14.2 Å². The Morgan fingerprint density at radius 2 is 1.68 bits per heavy atom. The van der Waals surface area contributed by atoms with E-state index in [9.17, 15) is 14.0 Å². The normalized spacial score (nSPS) is 14.5. The molecule has 0 fully saturated rings. The molecule has 47 heavy (non-hydrogen) atoms. The number of hydrogen-bond acceptors (Lipinski definition) is 5. The van der Waals surface area contributed by atoms with Gasteiger partial charge in [0.15, 0.2) is 4.80 Å². The average Bonchev–Trinajstić information content (AvgIpc) is 3.39. The molecule has 0 aliphatic carbocycles. The molecule has 1 N–H and O–H groups in total. The molecule has 6 nitrogen and oxygen atoms in total. The lowest BCUT2D eigenvalue weighted by atomic mass is 9.95. The largest absolute Gasteiger partial charge is 0.488 e. The molecule has 1 atom stereocenters. The maximum atomic E-state index is 14.4. The fraction of sp³-hybridized carbons (Fsp3) is 0.0789. The number of ether oxygens (including phenoxy) is 1. The third-order valence-corrected chi connectivity index (χ3v) is 9.23. The first-order valence-corrected chi connectivity index (χ1v) is 16.1. The van der Waals surface area contributed by atoms with E-state index in [2.05, 4.69) is 5.32 Å². The number of aromatic nitrogens is 1. The molecule has 5 aromatic carbocycles. The number of nitrogens with zero attached hydrogens (tertiary/aromatic N) is 2. The minimum atomic E-state index is -0.828. The monoisotopic (exact) mass is 659 g/mol. The molecule has 232 valence electrons. The molecule has 0 saturated carbocycles. The van der Waals surface area contributed by atoms with Gasteiger partial charge in [-0.15, -0.1) is 0 Å². The van der Waals surface area contributed by atoms with Crippen molar-refractivity contribution in [3.63, 3.8) is 0 Å². The third kappa shape index (κ3) is 6.13. The summed E-state index contributed by atoms with van der Waals surface area (Å²) in [7, 11) is 0. The molecule has 0 saturated heterocycles. The van der Waals surface area contributed by atoms with Crippen LogP contribution in [-0.4, -0.2) is 10.5 Å². The van der Waals surface area contributed by atoms with Crippen molar-refractivity contribution in [1.82, 2.24) is 4.57 Å². The van der Waals surface area contributed by atoms with E-state index in [4.69, 9.17) is 21.3 Å². The van der Waals surface area contributed by atoms with Gasteiger partial charge >= 0.3 is 0 Å². The van der Waals surface area contributed by atoms with E-state index in [0.717, 1.165) is 21.9 Å². The number of rotatable bonds is 7. The van der Waals surface area contributed by atoms with Gasteiger partial charge in [-0.2, -0.15) is 0 Å². The summed E-state index contributed by atoms with van der Waals surface area (Å²) in [6.07, 6.45) is 1.83. The highest BCUT2D eigenvalue weighted by Gasteiger charge is 2.32. The molecule has 1 aliphatic rings. The van der Waals surface area contributed by atoms with Gasteiger partial charge in [0, 0.05) is 16.3 Å². The zero-order chi connectivity index (χ0) is 32.5. The van der Waals surface area contributed by atoms with Gasteiger partial charge in [0.05, 0.1) is 21.8 Å². The SMILES string of the molecule is CC1=C(C(=O)Nc2ccccc2)[C@H](c2ccc(F)cc2)n2c(s/c(=C/c3c(OCc4ccc(Cl)cc4)ccc4ccccc34)c2=O)=N1. The van der Waals surface area contributed by atoms with Gasteiger partial charge in [0.2, 0.25) is 0 Å². The smallest absolute Gasteiger partial charge is 0.271 e. The van der Waals surface area contributed by atoms with E-state index >= 15 is 0 Å². The highest BCUT2D eigenvalue weighted by Crippen LogP contribution is 2.32. The number of halogens is 2. The van der Waals surface area contributed by atoms with Crippen molar-refractivity contribution < 1.29 is 13.9 Å². The van der Waals surface area contributed by atoms with Crippen molar-refractivity contribution in [2.24, 2.45) is 4.99 Å². The van der Waals surface area contributed by atoms with Crippen LogP contribution >= 0.6 is 22.9 Å². The minimum absolute atomic E-state index is 0.302. The summed E-state index contributed by atoms with van der Waals surface area (Å²) in [4.78, 5) is 33.3. The van der Waals surface area contributed by atoms with Crippen LogP contribution in [0.5, 0.6) is 5.75 Å². The first-order chi connectivity index (χ1) is 22.9. The molecule has 9 heteroatoms. The number of hydrogen-bond donors (Lipinski definition) is 1. The molecule has 1 amide bonds. The van der Waals surface area contributed by atoms with Crippen molar-refractivity contribution in [2.45, 2.75) is 19.6 Å². The molecule has 0 radical (unpaired) electrons. The van der Waals surface area contributed by atoms with Gasteiger partial charge in [-0.05, 0) is 77.4 Å². The maximum absolute atomic E-state index is 14.4. The number of nitrogens with one attached hydrogen (secondary N) is 1. The Bertz CT molecular complexity index is 2350. The first-order valence-electron chi connectivity index (χ1n) is 14.9. The number of amides is 1. The Kier molecular flexibility index (Phi) is 8.28. The van der Waals surface area contributed by atoms with E-state index in [1.165, 1.54) is 28.0 Å². The number of para-hydroxylation sites is 1. The van der Waals surface area contributed by atoms with Gasteiger partial charge in [0.25, 0.3) is 11.5 Å². The van der Waals surface area contributed by atoms with Crippen LogP contribution < -0.4 is 24.9 Å². The summed E-state index contributed by atoms with van der Waals surface area (Å²) in [6, 6.07) is 33.3. The predicted molar refractivity (Wildman–Crippen MR) is 185 cm³/mol. The van der Waals surface area contributed by atoms with E-state index < -0.39 is 17.8 Å². The zero-order valence-corrected chi connectivity index (χ0v) is 26.7. The summed E-state index contributed by atoms with van der Waals surface area (Å²) >= 11 is 7.30. The third-order valence-electron chi connectivity index (χ3n) is 8.00. The molecule has 0 spiro atoms. The van der Waals surface area contributed by atoms with Crippen LogP contribution in [0, 0.1) is 5.82 Å². The van der Waals surface area contributed by atoms with Crippen LogP contribution in [0.1, 0.15) is 29.7 Å². The second kappa shape index (κ2) is 12.8. The molecule has 0 unspecified atom stereocenters. The summed E-state index contributed by atoms with van der Waals surface area (Å²) in [5, 5.41) is 5.49. The highest BCUT2D eigenvalue weighted by atomic mass is 35.5. The Morgan fingerprint density at radius 1 is 0.957 bits per heavy atom. The second-order valence-electron chi connectivity index (χ2n) is 11.1. The number of anilines is 1. The van der Waals surface area contributed by atoms with Crippen LogP contribution in [-0.2, 0) is 11.4 Å². The van der Waals surface area contributed by atoms with Crippen LogP contribution in [0.3, 0.4) is 0 Å². The number of allylic oxidation sites excluding steroid dienone is 1. The van der Waals surface area contributed by atoms with Gasteiger partial charge in [-0.25, -0.2) is 9.38 Å². The molecular weight excluding hydrogens is 633 g/mol. The van der Waals surface area contributed by atoms with E-state index in [1.54, 1.807) is 31.2 Å². The van der Waals surface area contributed by atoms with E-state index in [1.807, 2.05) is 84.9 Å². The van der Waals surface area contributed by atoms with E-state index in [0.29, 0.717) is 49.2 Å². The molecule has 1 aliphatic heterocycles. The van der Waals surface area contributed by atoms with E-state index in [-0.39, 0.29) is 5.56 Å². The Hall–Kier alpha value is -5.31. The topological polar surface area (TPSA) is 72.7 Å². The van der Waals surface area contributed by atoms with Crippen molar-refractivity contribution in [3.05, 3.63) is 174 Å². The molecule has 7 rings (SSSR count). The lowest BCUT2D eigenvalue weighted by Crippen LogP contribution is -2.40. The quantitative estimate of drug-likeness (QED) is 0.194. The zero-order valence-electron chi connectivity index (χ0n) is 25.1. The van der Waals surface area contributed by atoms with Gasteiger partial charge in [-0.1, -0.05) is 95.7 Å². The van der Waals surface area contributed by atoms with Crippen LogP contribution in [0.4, 0.5) is 10.1 Å². The first kappa shape index (κ1) is 30.3. The lowest BCUT2D eigenvalue weighted by Gasteiger charge is -2.25. The molecule has 6 aromatic rings. The number of carbonyl (C=O) groups excluding carboxylic acids is 1. The van der Waals surface area contributed by atoms with Crippen molar-refractivity contribution in [1.29, 1.82) is 0 Å². The summed E-state index contributed by atoms with van der Waals surface area (Å²) in [5.41, 5.74) is 3.34. The molecule has 2 heterocycles. The number of thiazole rings is 1. The number of carbonyl (C=O) groups is 1. The summed E-state index contributed by atoms with van der Waals surface area (Å²) in [6.45, 7) is 2.06. The van der Waals surface area contributed by atoms with Crippen LogP contribution in [0.15, 0.2) is 136 Å². The number of benzene rings is 5. The standard InChI is InChI=1S/C38H27ClFN3O3S/c1-23-34(36(44)42-29-8-3-2-4-9-29)35(26-13-18-28(40)19-14-26)43-37(45)33(47-38(43)41-23)21-31-30-10-6-5-7-25(30)15-20-32(31)46-22-24-11-16-27(39)17-12-24/h2-21,35H,22H2,1H3,(H,42,44)/b33-21+/t35-/m0/s1. The molecule has 0 bridgehead atoms. The summed E-state index contributed by atoms with van der Waals surface area (Å²) in [5.74, 6) is -0.203. The maximum Gasteiger partial charge on any atom is 0.271 e. The fourth-order valence-electron chi connectivity index (χ4n) is 5.72. The summed E-state index contributed by atoms with van der Waals surface area (Å²) < 4.78 is 22.3. The lowest BCUT2D eigenvalue weighted by molar-refractivity contribution is -0.113. The average molecular weight is 660 g/mol. The second-order valence-corrected chi connectivity index (χ2v) is 12.5. The minimum Gasteiger partial charge on any atom is -0.488 e. The molecule has 1 aromatic heterocycles. The van der Waals surface area contributed by atoms with Crippen molar-refractivity contribution >= 4 is 51.4 Å². The molecular formula is C38H27ClFN3O3S. The van der Waals surface area contributed by atoms with Crippen molar-refractivity contribution in [2.75, 3.05) is 5.32 Å². The van der Waals surface area contributed by atoms with Gasteiger partial charge in [0.1, 0.15) is 18.2 Å². The van der Waals surface area contributed by atoms with Gasteiger partial charge < -0.3 is 10.1 Å². The Balaban J connectivity index is 1.36. The number of fused-ring (bicyclic) bond motifs is 2. The van der Waals surface area contributed by atoms with Crippen LogP contribution in [0.25, 0.3) is 16.8 Å². The Labute approximate surface area is 278 Å².